The smallest absolute Gasteiger partial charge is 0.225 e. The zero-order chi connectivity index (χ0) is 9.84. The Morgan fingerprint density at radius 3 is 2.54 bits per heavy atom. The molecule has 2 N–H and O–H groups in total. The highest BCUT2D eigenvalue weighted by Gasteiger charge is 2.05. The standard InChI is InChI=1S/C8H13FN4/c1-6(10)5-13(2)8-11-3-7(9)4-12-8/h3-4,6H,5,10H2,1-2H3. The van der Waals surface area contributed by atoms with Crippen molar-refractivity contribution >= 4 is 5.95 Å². The van der Waals surface area contributed by atoms with Crippen LogP contribution >= 0.6 is 0 Å². The molecule has 1 aromatic heterocycles. The number of anilines is 1. The third kappa shape index (κ3) is 2.95. The molecule has 1 aromatic rings. The van der Waals surface area contributed by atoms with Crippen LogP contribution < -0.4 is 10.6 Å². The fraction of sp³-hybridized carbons (Fsp3) is 0.500. The van der Waals surface area contributed by atoms with Crippen molar-refractivity contribution in [2.75, 3.05) is 18.5 Å². The van der Waals surface area contributed by atoms with Gasteiger partial charge in [-0.15, -0.1) is 0 Å². The van der Waals surface area contributed by atoms with Crippen molar-refractivity contribution in [2.24, 2.45) is 5.73 Å². The Hall–Kier alpha value is -1.23. The molecule has 72 valence electrons. The van der Waals surface area contributed by atoms with Crippen molar-refractivity contribution in [2.45, 2.75) is 13.0 Å². The van der Waals surface area contributed by atoms with E-state index in [0.717, 1.165) is 12.4 Å². The fourth-order valence-electron chi connectivity index (χ4n) is 1.02. The Kier molecular flexibility index (Phi) is 3.13. The summed E-state index contributed by atoms with van der Waals surface area (Å²) < 4.78 is 12.4. The summed E-state index contributed by atoms with van der Waals surface area (Å²) in [7, 11) is 1.82. The van der Waals surface area contributed by atoms with Gasteiger partial charge in [-0.25, -0.2) is 14.4 Å². The second-order valence-corrected chi connectivity index (χ2v) is 3.06. The third-order valence-electron chi connectivity index (χ3n) is 1.51. The summed E-state index contributed by atoms with van der Waals surface area (Å²) in [5, 5.41) is 0. The van der Waals surface area contributed by atoms with E-state index >= 15 is 0 Å². The quantitative estimate of drug-likeness (QED) is 0.738. The Morgan fingerprint density at radius 1 is 1.54 bits per heavy atom. The molecule has 0 fully saturated rings. The van der Waals surface area contributed by atoms with E-state index in [0.29, 0.717) is 12.5 Å². The van der Waals surface area contributed by atoms with Crippen LogP contribution in [0.1, 0.15) is 6.92 Å². The molecule has 1 rings (SSSR count). The predicted octanol–water partition coefficient (Wildman–Crippen LogP) is 0.399. The summed E-state index contributed by atoms with van der Waals surface area (Å²) >= 11 is 0. The van der Waals surface area contributed by atoms with Crippen LogP contribution in [-0.4, -0.2) is 29.6 Å². The largest absolute Gasteiger partial charge is 0.342 e. The summed E-state index contributed by atoms with van der Waals surface area (Å²) in [5.41, 5.74) is 5.59. The topological polar surface area (TPSA) is 55.0 Å². The number of hydrogen-bond acceptors (Lipinski definition) is 4. The normalized spacial score (nSPS) is 12.6. The van der Waals surface area contributed by atoms with Gasteiger partial charge in [0.15, 0.2) is 5.82 Å². The van der Waals surface area contributed by atoms with Gasteiger partial charge in [-0.1, -0.05) is 0 Å². The van der Waals surface area contributed by atoms with E-state index in [1.54, 1.807) is 4.90 Å². The summed E-state index contributed by atoms with van der Waals surface area (Å²) in [5.74, 6) is 0.0525. The summed E-state index contributed by atoms with van der Waals surface area (Å²) in [6, 6.07) is 0.0404. The third-order valence-corrected chi connectivity index (χ3v) is 1.51. The average Bonchev–Trinajstić information content (AvgIpc) is 2.04. The molecular weight excluding hydrogens is 171 g/mol. The maximum Gasteiger partial charge on any atom is 0.225 e. The lowest BCUT2D eigenvalue weighted by molar-refractivity contribution is 0.610. The molecule has 4 nitrogen and oxygen atoms in total. The van der Waals surface area contributed by atoms with Crippen LogP contribution in [0.25, 0.3) is 0 Å². The number of nitrogens with two attached hydrogens (primary N) is 1. The first kappa shape index (κ1) is 9.85. The van der Waals surface area contributed by atoms with Crippen molar-refractivity contribution < 1.29 is 4.39 Å². The van der Waals surface area contributed by atoms with Gasteiger partial charge in [0, 0.05) is 19.6 Å². The Balaban J connectivity index is 2.66. The van der Waals surface area contributed by atoms with E-state index in [9.17, 15) is 4.39 Å². The van der Waals surface area contributed by atoms with E-state index in [-0.39, 0.29) is 6.04 Å². The zero-order valence-corrected chi connectivity index (χ0v) is 7.74. The molecule has 0 spiro atoms. The van der Waals surface area contributed by atoms with E-state index in [2.05, 4.69) is 9.97 Å². The Bertz CT molecular complexity index is 259. The van der Waals surface area contributed by atoms with Crippen LogP contribution in [0.15, 0.2) is 12.4 Å². The molecule has 0 radical (unpaired) electrons. The lowest BCUT2D eigenvalue weighted by atomic mass is 10.3. The number of halogens is 1. The van der Waals surface area contributed by atoms with E-state index in [1.165, 1.54) is 0 Å². The minimum absolute atomic E-state index is 0.0404. The first-order valence-corrected chi connectivity index (χ1v) is 4.04. The van der Waals surface area contributed by atoms with Gasteiger partial charge in [0.2, 0.25) is 5.95 Å². The van der Waals surface area contributed by atoms with Gasteiger partial charge in [0.05, 0.1) is 12.4 Å². The maximum absolute atomic E-state index is 12.4. The molecule has 1 unspecified atom stereocenters. The lowest BCUT2D eigenvalue weighted by Crippen LogP contribution is -2.33. The lowest BCUT2D eigenvalue weighted by Gasteiger charge is -2.18. The zero-order valence-electron chi connectivity index (χ0n) is 7.74. The number of likely N-dealkylation sites (N-methyl/N-ethyl adjacent to an activating group) is 1. The van der Waals surface area contributed by atoms with Crippen LogP contribution in [0.5, 0.6) is 0 Å². The minimum atomic E-state index is -0.432. The second-order valence-electron chi connectivity index (χ2n) is 3.06. The Morgan fingerprint density at radius 2 is 2.08 bits per heavy atom. The number of rotatable bonds is 3. The van der Waals surface area contributed by atoms with Crippen LogP contribution in [-0.2, 0) is 0 Å². The summed E-state index contributed by atoms with van der Waals surface area (Å²) in [4.78, 5) is 9.41. The highest BCUT2D eigenvalue weighted by atomic mass is 19.1. The molecule has 0 bridgehead atoms. The van der Waals surface area contributed by atoms with Crippen molar-refractivity contribution in [1.29, 1.82) is 0 Å². The predicted molar refractivity (Wildman–Crippen MR) is 48.9 cm³/mol. The van der Waals surface area contributed by atoms with Crippen LogP contribution in [0.3, 0.4) is 0 Å². The highest BCUT2D eigenvalue weighted by Crippen LogP contribution is 2.03. The monoisotopic (exact) mass is 184 g/mol. The molecule has 0 saturated carbocycles. The van der Waals surface area contributed by atoms with Gasteiger partial charge < -0.3 is 10.6 Å². The molecule has 1 atom stereocenters. The van der Waals surface area contributed by atoms with Crippen molar-refractivity contribution in [3.63, 3.8) is 0 Å². The average molecular weight is 184 g/mol. The van der Waals surface area contributed by atoms with Crippen LogP contribution in [0, 0.1) is 5.82 Å². The van der Waals surface area contributed by atoms with Gasteiger partial charge in [-0.05, 0) is 6.92 Å². The second kappa shape index (κ2) is 4.13. The maximum atomic E-state index is 12.4. The summed E-state index contributed by atoms with van der Waals surface area (Å²) in [6.07, 6.45) is 2.28. The van der Waals surface area contributed by atoms with Gasteiger partial charge in [0.25, 0.3) is 0 Å². The molecule has 1 heterocycles. The molecule has 0 aliphatic carbocycles. The Labute approximate surface area is 76.6 Å². The molecule has 0 aromatic carbocycles. The first-order chi connectivity index (χ1) is 6.09. The molecule has 0 saturated heterocycles. The molecule has 5 heteroatoms. The first-order valence-electron chi connectivity index (χ1n) is 4.04. The van der Waals surface area contributed by atoms with Gasteiger partial charge in [-0.3, -0.25) is 0 Å². The van der Waals surface area contributed by atoms with Crippen molar-refractivity contribution in [1.82, 2.24) is 9.97 Å². The van der Waals surface area contributed by atoms with Crippen molar-refractivity contribution in [3.05, 3.63) is 18.2 Å². The molecule has 0 aliphatic heterocycles. The fourth-order valence-corrected chi connectivity index (χ4v) is 1.02. The number of aromatic nitrogens is 2. The van der Waals surface area contributed by atoms with Gasteiger partial charge >= 0.3 is 0 Å². The molecular formula is C8H13FN4. The molecule has 0 aliphatic rings. The summed E-state index contributed by atoms with van der Waals surface area (Å²) in [6.45, 7) is 2.53. The molecule has 13 heavy (non-hydrogen) atoms. The number of hydrogen-bond donors (Lipinski definition) is 1. The van der Waals surface area contributed by atoms with Crippen LogP contribution in [0.4, 0.5) is 10.3 Å². The SMILES string of the molecule is CC(N)CN(C)c1ncc(F)cn1. The minimum Gasteiger partial charge on any atom is -0.342 e. The van der Waals surface area contributed by atoms with E-state index < -0.39 is 5.82 Å². The number of nitrogens with zero attached hydrogens (tertiary/aromatic N) is 3. The van der Waals surface area contributed by atoms with E-state index in [4.69, 9.17) is 5.73 Å². The van der Waals surface area contributed by atoms with Gasteiger partial charge in [0.1, 0.15) is 0 Å². The van der Waals surface area contributed by atoms with Gasteiger partial charge in [-0.2, -0.15) is 0 Å². The van der Waals surface area contributed by atoms with Crippen LogP contribution in [0.2, 0.25) is 0 Å². The van der Waals surface area contributed by atoms with E-state index in [1.807, 2.05) is 14.0 Å². The van der Waals surface area contributed by atoms with Crippen molar-refractivity contribution in [3.8, 4) is 0 Å². The highest BCUT2D eigenvalue weighted by molar-refractivity contribution is 5.26. The molecule has 0 amide bonds.